The molecule has 1 aromatic heterocycles. The van der Waals surface area contributed by atoms with E-state index in [1.54, 1.807) is 19.3 Å². The fourth-order valence-electron chi connectivity index (χ4n) is 1.99. The van der Waals surface area contributed by atoms with Crippen LogP contribution in [-0.4, -0.2) is 35.4 Å². The van der Waals surface area contributed by atoms with Crippen LogP contribution in [0, 0.1) is 5.92 Å². The summed E-state index contributed by atoms with van der Waals surface area (Å²) in [6, 6.07) is 0. The van der Waals surface area contributed by atoms with Crippen LogP contribution >= 0.6 is 0 Å². The Morgan fingerprint density at radius 3 is 2.88 bits per heavy atom. The van der Waals surface area contributed by atoms with Crippen molar-refractivity contribution in [1.82, 2.24) is 9.97 Å². The Morgan fingerprint density at radius 1 is 1.50 bits per heavy atom. The van der Waals surface area contributed by atoms with Gasteiger partial charge in [0.2, 0.25) is 5.88 Å². The molecule has 5 nitrogen and oxygen atoms in total. The molecule has 0 spiro atoms. The number of aromatic nitrogens is 2. The maximum Gasteiger partial charge on any atom is 0.238 e. The Hall–Kier alpha value is -1.20. The molecule has 2 atom stereocenters. The molecule has 0 radical (unpaired) electrons. The first-order valence-electron chi connectivity index (χ1n) is 5.32. The third kappa shape index (κ3) is 1.88. The molecule has 0 aliphatic carbocycles. The van der Waals surface area contributed by atoms with Gasteiger partial charge in [-0.05, 0) is 13.3 Å². The van der Waals surface area contributed by atoms with E-state index in [1.807, 2.05) is 0 Å². The Morgan fingerprint density at radius 2 is 2.25 bits per heavy atom. The zero-order chi connectivity index (χ0) is 11.6. The third-order valence-corrected chi connectivity index (χ3v) is 3.06. The van der Waals surface area contributed by atoms with Crippen molar-refractivity contribution in [3.63, 3.8) is 0 Å². The normalized spacial score (nSPS) is 24.1. The molecule has 1 aliphatic heterocycles. The predicted octanol–water partition coefficient (Wildman–Crippen LogP) is 0.729. The van der Waals surface area contributed by atoms with Crippen molar-refractivity contribution in [3.8, 4) is 5.88 Å². The van der Waals surface area contributed by atoms with Gasteiger partial charge in [-0.3, -0.25) is 4.98 Å². The molecular weight excluding hydrogens is 208 g/mol. The molecule has 1 N–H and O–H groups in total. The van der Waals surface area contributed by atoms with Gasteiger partial charge in [-0.25, -0.2) is 4.98 Å². The summed E-state index contributed by atoms with van der Waals surface area (Å²) in [4.78, 5) is 8.22. The largest absolute Gasteiger partial charge is 0.480 e. The second kappa shape index (κ2) is 4.35. The molecule has 1 aliphatic rings. The molecule has 0 aromatic carbocycles. The quantitative estimate of drug-likeness (QED) is 0.820. The molecule has 88 valence electrons. The van der Waals surface area contributed by atoms with Crippen molar-refractivity contribution in [2.45, 2.75) is 18.9 Å². The average Bonchev–Trinajstić information content (AvgIpc) is 2.83. The minimum atomic E-state index is -1.06. The van der Waals surface area contributed by atoms with Crippen molar-refractivity contribution in [3.05, 3.63) is 18.1 Å². The monoisotopic (exact) mass is 224 g/mol. The lowest BCUT2D eigenvalue weighted by Crippen LogP contribution is -2.33. The van der Waals surface area contributed by atoms with E-state index in [0.717, 1.165) is 6.42 Å². The molecular formula is C11H16N2O3. The summed E-state index contributed by atoms with van der Waals surface area (Å²) in [5, 5.41) is 10.5. The molecule has 5 heteroatoms. The lowest BCUT2D eigenvalue weighted by Gasteiger charge is -2.28. The van der Waals surface area contributed by atoms with Crippen molar-refractivity contribution >= 4 is 0 Å². The Bertz CT molecular complexity index is 362. The zero-order valence-electron chi connectivity index (χ0n) is 9.51. The second-order valence-electron chi connectivity index (χ2n) is 4.12. The summed E-state index contributed by atoms with van der Waals surface area (Å²) < 4.78 is 10.4. The molecule has 2 heterocycles. The van der Waals surface area contributed by atoms with Gasteiger partial charge >= 0.3 is 0 Å². The van der Waals surface area contributed by atoms with Crippen molar-refractivity contribution in [1.29, 1.82) is 0 Å². The molecule has 2 unspecified atom stereocenters. The highest BCUT2D eigenvalue weighted by Crippen LogP contribution is 2.36. The SMILES string of the molecule is COc1nccnc1C(C)(O)C1CCOC1. The van der Waals surface area contributed by atoms with Crippen LogP contribution in [0.3, 0.4) is 0 Å². The van der Waals surface area contributed by atoms with E-state index in [9.17, 15) is 5.11 Å². The molecule has 0 saturated carbocycles. The highest BCUT2D eigenvalue weighted by molar-refractivity contribution is 5.24. The predicted molar refractivity (Wildman–Crippen MR) is 57.1 cm³/mol. The van der Waals surface area contributed by atoms with Crippen molar-refractivity contribution in [2.24, 2.45) is 5.92 Å². The second-order valence-corrected chi connectivity index (χ2v) is 4.12. The average molecular weight is 224 g/mol. The van der Waals surface area contributed by atoms with Gasteiger partial charge in [0.1, 0.15) is 11.3 Å². The number of nitrogens with zero attached hydrogens (tertiary/aromatic N) is 2. The summed E-state index contributed by atoms with van der Waals surface area (Å²) in [6.45, 7) is 2.97. The van der Waals surface area contributed by atoms with Crippen LogP contribution in [0.15, 0.2) is 12.4 Å². The van der Waals surface area contributed by atoms with E-state index in [0.29, 0.717) is 24.8 Å². The van der Waals surface area contributed by atoms with Gasteiger partial charge in [0.05, 0.1) is 13.7 Å². The van der Waals surface area contributed by atoms with Gasteiger partial charge < -0.3 is 14.6 Å². The van der Waals surface area contributed by atoms with Crippen LogP contribution in [0.25, 0.3) is 0 Å². The molecule has 1 saturated heterocycles. The lowest BCUT2D eigenvalue weighted by atomic mass is 9.85. The Labute approximate surface area is 94.4 Å². The lowest BCUT2D eigenvalue weighted by molar-refractivity contribution is -0.0159. The van der Waals surface area contributed by atoms with Gasteiger partial charge in [-0.1, -0.05) is 0 Å². The van der Waals surface area contributed by atoms with Crippen molar-refractivity contribution < 1.29 is 14.6 Å². The first kappa shape index (κ1) is 11.3. The highest BCUT2D eigenvalue weighted by atomic mass is 16.5. The summed E-state index contributed by atoms with van der Waals surface area (Å²) in [7, 11) is 1.52. The number of aliphatic hydroxyl groups is 1. The summed E-state index contributed by atoms with van der Waals surface area (Å²) in [6.07, 6.45) is 3.93. The van der Waals surface area contributed by atoms with Gasteiger partial charge in [0, 0.05) is 24.9 Å². The highest BCUT2D eigenvalue weighted by Gasteiger charge is 2.40. The van der Waals surface area contributed by atoms with E-state index < -0.39 is 5.60 Å². The number of hydrogen-bond acceptors (Lipinski definition) is 5. The van der Waals surface area contributed by atoms with Gasteiger partial charge in [0.25, 0.3) is 0 Å². The van der Waals surface area contributed by atoms with Crippen LogP contribution in [0.1, 0.15) is 19.0 Å². The topological polar surface area (TPSA) is 64.5 Å². The first-order valence-corrected chi connectivity index (χ1v) is 5.32. The number of hydrogen-bond donors (Lipinski definition) is 1. The first-order chi connectivity index (χ1) is 7.66. The summed E-state index contributed by atoms with van der Waals surface area (Å²) >= 11 is 0. The molecule has 0 amide bonds. The van der Waals surface area contributed by atoms with E-state index in [1.165, 1.54) is 7.11 Å². The summed E-state index contributed by atoms with van der Waals surface area (Å²) in [5.41, 5.74) is -0.580. The third-order valence-electron chi connectivity index (χ3n) is 3.06. The maximum atomic E-state index is 10.5. The molecule has 16 heavy (non-hydrogen) atoms. The van der Waals surface area contributed by atoms with E-state index in [2.05, 4.69) is 9.97 Å². The molecule has 0 bridgehead atoms. The Balaban J connectivity index is 2.33. The fourth-order valence-corrected chi connectivity index (χ4v) is 1.99. The Kier molecular flexibility index (Phi) is 3.07. The van der Waals surface area contributed by atoms with Crippen LogP contribution in [0.4, 0.5) is 0 Å². The summed E-state index contributed by atoms with van der Waals surface area (Å²) in [5.74, 6) is 0.414. The van der Waals surface area contributed by atoms with E-state index in [4.69, 9.17) is 9.47 Å². The zero-order valence-corrected chi connectivity index (χ0v) is 9.51. The van der Waals surface area contributed by atoms with E-state index >= 15 is 0 Å². The van der Waals surface area contributed by atoms with Crippen LogP contribution < -0.4 is 4.74 Å². The number of methoxy groups -OCH3 is 1. The molecule has 2 rings (SSSR count). The van der Waals surface area contributed by atoms with Crippen molar-refractivity contribution in [2.75, 3.05) is 20.3 Å². The number of ether oxygens (including phenoxy) is 2. The maximum absolute atomic E-state index is 10.5. The van der Waals surface area contributed by atoms with Gasteiger partial charge in [-0.15, -0.1) is 0 Å². The minimum absolute atomic E-state index is 0.0399. The fraction of sp³-hybridized carbons (Fsp3) is 0.636. The molecule has 1 aromatic rings. The van der Waals surface area contributed by atoms with Crippen LogP contribution in [0.5, 0.6) is 5.88 Å². The van der Waals surface area contributed by atoms with Gasteiger partial charge in [0.15, 0.2) is 0 Å². The minimum Gasteiger partial charge on any atom is -0.480 e. The van der Waals surface area contributed by atoms with Crippen LogP contribution in [0.2, 0.25) is 0 Å². The number of rotatable bonds is 3. The molecule has 1 fully saturated rings. The van der Waals surface area contributed by atoms with Crippen LogP contribution in [-0.2, 0) is 10.3 Å². The standard InChI is InChI=1S/C11H16N2O3/c1-11(14,8-3-6-16-7-8)9-10(15-2)13-5-4-12-9/h4-5,8,14H,3,6-7H2,1-2H3. The van der Waals surface area contributed by atoms with E-state index in [-0.39, 0.29) is 5.92 Å². The van der Waals surface area contributed by atoms with Gasteiger partial charge in [-0.2, -0.15) is 0 Å². The smallest absolute Gasteiger partial charge is 0.238 e.